The molecule has 0 unspecified atom stereocenters. The van der Waals surface area contributed by atoms with Crippen molar-refractivity contribution >= 4 is 38.5 Å². The van der Waals surface area contributed by atoms with E-state index in [1.54, 1.807) is 0 Å². The molecule has 0 aliphatic heterocycles. The van der Waals surface area contributed by atoms with Gasteiger partial charge < -0.3 is 4.52 Å². The maximum absolute atomic E-state index is 5.30. The van der Waals surface area contributed by atoms with E-state index in [0.29, 0.717) is 11.7 Å². The van der Waals surface area contributed by atoms with Crippen LogP contribution in [0.25, 0.3) is 22.8 Å². The summed E-state index contributed by atoms with van der Waals surface area (Å²) in [4.78, 5) is 4.41. The van der Waals surface area contributed by atoms with Crippen LogP contribution >= 0.6 is 38.5 Å². The van der Waals surface area contributed by atoms with Crippen LogP contribution in [-0.4, -0.2) is 10.1 Å². The van der Waals surface area contributed by atoms with Gasteiger partial charge in [-0.05, 0) is 71.1 Å². The molecule has 0 radical (unpaired) electrons. The molecule has 3 rings (SSSR count). The largest absolute Gasteiger partial charge is 0.334 e. The molecule has 0 saturated heterocycles. The molecule has 2 aromatic carbocycles. The molecule has 3 nitrogen and oxygen atoms in total. The average molecular weight is 427 g/mol. The van der Waals surface area contributed by atoms with E-state index in [1.165, 1.54) is 3.57 Å². The van der Waals surface area contributed by atoms with Crippen molar-refractivity contribution in [1.82, 2.24) is 10.1 Å². The second-order valence-electron chi connectivity index (χ2n) is 3.94. The predicted molar refractivity (Wildman–Crippen MR) is 85.6 cm³/mol. The van der Waals surface area contributed by atoms with Gasteiger partial charge in [0.2, 0.25) is 5.82 Å². The van der Waals surface area contributed by atoms with Gasteiger partial charge >= 0.3 is 0 Å². The lowest BCUT2D eigenvalue weighted by Crippen LogP contribution is -1.81. The highest BCUT2D eigenvalue weighted by Crippen LogP contribution is 2.23. The summed E-state index contributed by atoms with van der Waals surface area (Å²) in [7, 11) is 0. The molecule has 0 aliphatic carbocycles. The van der Waals surface area contributed by atoms with E-state index in [0.717, 1.165) is 15.6 Å². The summed E-state index contributed by atoms with van der Waals surface area (Å²) < 4.78 is 7.50. The third-order valence-electron chi connectivity index (χ3n) is 2.62. The maximum Gasteiger partial charge on any atom is 0.258 e. The Morgan fingerprint density at radius 2 is 1.53 bits per heavy atom. The first-order valence-electron chi connectivity index (χ1n) is 5.58. The fourth-order valence-corrected chi connectivity index (χ4v) is 2.27. The zero-order chi connectivity index (χ0) is 13.2. The fraction of sp³-hybridized carbons (Fsp3) is 0. The Morgan fingerprint density at radius 3 is 2.21 bits per heavy atom. The first kappa shape index (κ1) is 12.8. The van der Waals surface area contributed by atoms with Crippen molar-refractivity contribution in [3.05, 3.63) is 56.6 Å². The van der Waals surface area contributed by atoms with Gasteiger partial charge in [-0.2, -0.15) is 4.98 Å². The minimum absolute atomic E-state index is 0.536. The standard InChI is InChI=1S/C14H8BrIN2O/c15-11-5-1-9(2-6-11)13-17-14(19-18-13)10-3-7-12(16)8-4-10/h1-8H. The molecular weight excluding hydrogens is 419 g/mol. The fourth-order valence-electron chi connectivity index (χ4n) is 1.65. The molecule has 0 atom stereocenters. The number of benzene rings is 2. The zero-order valence-electron chi connectivity index (χ0n) is 9.68. The number of halogens is 2. The lowest BCUT2D eigenvalue weighted by molar-refractivity contribution is 0.432. The highest BCUT2D eigenvalue weighted by Gasteiger charge is 2.10. The van der Waals surface area contributed by atoms with Crippen molar-refractivity contribution in [3.8, 4) is 22.8 Å². The molecule has 0 amide bonds. The van der Waals surface area contributed by atoms with E-state index in [-0.39, 0.29) is 0 Å². The monoisotopic (exact) mass is 426 g/mol. The van der Waals surface area contributed by atoms with Crippen LogP contribution in [0.1, 0.15) is 0 Å². The highest BCUT2D eigenvalue weighted by molar-refractivity contribution is 14.1. The Hall–Kier alpha value is -1.21. The minimum atomic E-state index is 0.536. The third-order valence-corrected chi connectivity index (χ3v) is 3.87. The molecule has 1 heterocycles. The Balaban J connectivity index is 1.95. The summed E-state index contributed by atoms with van der Waals surface area (Å²) in [6, 6.07) is 15.8. The first-order valence-corrected chi connectivity index (χ1v) is 7.45. The zero-order valence-corrected chi connectivity index (χ0v) is 13.4. The van der Waals surface area contributed by atoms with Crippen LogP contribution in [0.4, 0.5) is 0 Å². The number of rotatable bonds is 2. The molecule has 94 valence electrons. The lowest BCUT2D eigenvalue weighted by Gasteiger charge is -1.94. The maximum atomic E-state index is 5.30. The van der Waals surface area contributed by atoms with Gasteiger partial charge in [0.15, 0.2) is 0 Å². The average Bonchev–Trinajstić information content (AvgIpc) is 2.90. The van der Waals surface area contributed by atoms with E-state index in [2.05, 4.69) is 48.7 Å². The van der Waals surface area contributed by atoms with Crippen LogP contribution in [0.2, 0.25) is 0 Å². The Morgan fingerprint density at radius 1 is 0.895 bits per heavy atom. The molecule has 0 N–H and O–H groups in total. The van der Waals surface area contributed by atoms with E-state index in [1.807, 2.05) is 48.5 Å². The van der Waals surface area contributed by atoms with E-state index in [9.17, 15) is 0 Å². The molecule has 0 fully saturated rings. The SMILES string of the molecule is Brc1ccc(-c2noc(-c3ccc(I)cc3)n2)cc1. The van der Waals surface area contributed by atoms with Crippen molar-refractivity contribution in [3.63, 3.8) is 0 Å². The van der Waals surface area contributed by atoms with Crippen molar-refractivity contribution in [1.29, 1.82) is 0 Å². The van der Waals surface area contributed by atoms with Gasteiger partial charge in [0, 0.05) is 19.2 Å². The van der Waals surface area contributed by atoms with Gasteiger partial charge in [0.05, 0.1) is 0 Å². The topological polar surface area (TPSA) is 38.9 Å². The van der Waals surface area contributed by atoms with Gasteiger partial charge in [-0.25, -0.2) is 0 Å². The lowest BCUT2D eigenvalue weighted by atomic mass is 10.2. The molecule has 0 aliphatic rings. The second kappa shape index (κ2) is 5.42. The molecule has 5 heteroatoms. The molecule has 1 aromatic heterocycles. The summed E-state index contributed by atoms with van der Waals surface area (Å²) in [6.45, 7) is 0. The number of hydrogen-bond acceptors (Lipinski definition) is 3. The summed E-state index contributed by atoms with van der Waals surface area (Å²) in [5.41, 5.74) is 1.86. The van der Waals surface area contributed by atoms with Gasteiger partial charge in [0.25, 0.3) is 5.89 Å². The molecule has 0 bridgehead atoms. The molecular formula is C14H8BrIN2O. The Bertz CT molecular complexity index is 632. The normalized spacial score (nSPS) is 10.6. The highest BCUT2D eigenvalue weighted by atomic mass is 127. The van der Waals surface area contributed by atoms with Crippen LogP contribution < -0.4 is 0 Å². The van der Waals surface area contributed by atoms with Gasteiger partial charge in [0.1, 0.15) is 0 Å². The third kappa shape index (κ3) is 2.87. The molecule has 0 saturated carbocycles. The van der Waals surface area contributed by atoms with Crippen molar-refractivity contribution in [2.45, 2.75) is 0 Å². The van der Waals surface area contributed by atoms with Crippen molar-refractivity contribution in [2.24, 2.45) is 0 Å². The second-order valence-corrected chi connectivity index (χ2v) is 6.10. The van der Waals surface area contributed by atoms with Gasteiger partial charge in [-0.15, -0.1) is 0 Å². The van der Waals surface area contributed by atoms with Crippen LogP contribution in [-0.2, 0) is 0 Å². The van der Waals surface area contributed by atoms with Gasteiger partial charge in [-0.3, -0.25) is 0 Å². The quantitative estimate of drug-likeness (QED) is 0.554. The number of aromatic nitrogens is 2. The molecule has 3 aromatic rings. The molecule has 0 spiro atoms. The summed E-state index contributed by atoms with van der Waals surface area (Å²) in [5.74, 6) is 1.13. The number of nitrogens with zero attached hydrogens (tertiary/aromatic N) is 2. The summed E-state index contributed by atoms with van der Waals surface area (Å²) in [6.07, 6.45) is 0. The minimum Gasteiger partial charge on any atom is -0.334 e. The Labute approximate surface area is 132 Å². The molecule has 19 heavy (non-hydrogen) atoms. The van der Waals surface area contributed by atoms with Crippen LogP contribution in [0, 0.1) is 3.57 Å². The van der Waals surface area contributed by atoms with E-state index in [4.69, 9.17) is 4.52 Å². The van der Waals surface area contributed by atoms with Crippen molar-refractivity contribution in [2.75, 3.05) is 0 Å². The number of hydrogen-bond donors (Lipinski definition) is 0. The van der Waals surface area contributed by atoms with E-state index < -0.39 is 0 Å². The first-order chi connectivity index (χ1) is 9.22. The van der Waals surface area contributed by atoms with Crippen LogP contribution in [0.3, 0.4) is 0 Å². The van der Waals surface area contributed by atoms with Crippen LogP contribution in [0.5, 0.6) is 0 Å². The van der Waals surface area contributed by atoms with E-state index >= 15 is 0 Å². The summed E-state index contributed by atoms with van der Waals surface area (Å²) >= 11 is 5.66. The Kier molecular flexibility index (Phi) is 3.65. The smallest absolute Gasteiger partial charge is 0.258 e. The van der Waals surface area contributed by atoms with Crippen molar-refractivity contribution < 1.29 is 4.52 Å². The predicted octanol–water partition coefficient (Wildman–Crippen LogP) is 4.77. The summed E-state index contributed by atoms with van der Waals surface area (Å²) in [5, 5.41) is 4.01. The van der Waals surface area contributed by atoms with Crippen LogP contribution in [0.15, 0.2) is 57.5 Å². The van der Waals surface area contributed by atoms with Gasteiger partial charge in [-0.1, -0.05) is 21.1 Å².